The maximum atomic E-state index is 11.0. The van der Waals surface area contributed by atoms with E-state index < -0.39 is 0 Å². The molecule has 0 fully saturated rings. The van der Waals surface area contributed by atoms with E-state index in [1.165, 1.54) is 7.11 Å². The highest BCUT2D eigenvalue weighted by Gasteiger charge is 2.30. The molecule has 5 heteroatoms. The molecule has 0 heterocycles. The van der Waals surface area contributed by atoms with Crippen LogP contribution in [0.4, 0.5) is 0 Å². The van der Waals surface area contributed by atoms with Crippen molar-refractivity contribution in [3.63, 3.8) is 0 Å². The van der Waals surface area contributed by atoms with E-state index >= 15 is 0 Å². The summed E-state index contributed by atoms with van der Waals surface area (Å²) in [6.45, 7) is 0.447. The van der Waals surface area contributed by atoms with Crippen molar-refractivity contribution in [3.05, 3.63) is 29.3 Å². The molecular formula is C14H19NO4. The normalized spacial score (nSPS) is 21.2. The number of carbonyl (C=O) groups is 1. The highest BCUT2D eigenvalue weighted by atomic mass is 16.5. The number of ether oxygens (including phenoxy) is 2. The van der Waals surface area contributed by atoms with E-state index in [0.717, 1.165) is 17.5 Å². The molecule has 0 saturated carbocycles. The van der Waals surface area contributed by atoms with Crippen LogP contribution in [0.3, 0.4) is 0 Å². The Labute approximate surface area is 112 Å². The maximum absolute atomic E-state index is 11.0. The van der Waals surface area contributed by atoms with Gasteiger partial charge in [-0.05, 0) is 36.1 Å². The summed E-state index contributed by atoms with van der Waals surface area (Å²) < 4.78 is 10.3. The zero-order valence-corrected chi connectivity index (χ0v) is 11.0. The lowest BCUT2D eigenvalue weighted by atomic mass is 10.1. The van der Waals surface area contributed by atoms with Crippen molar-refractivity contribution in [2.45, 2.75) is 31.4 Å². The van der Waals surface area contributed by atoms with Crippen molar-refractivity contribution in [2.24, 2.45) is 5.73 Å². The van der Waals surface area contributed by atoms with E-state index in [9.17, 15) is 9.90 Å². The third-order valence-electron chi connectivity index (χ3n) is 3.33. The van der Waals surface area contributed by atoms with Gasteiger partial charge < -0.3 is 20.3 Å². The number of methoxy groups -OCH3 is 1. The summed E-state index contributed by atoms with van der Waals surface area (Å²) in [6.07, 6.45) is 1.48. The molecule has 19 heavy (non-hydrogen) atoms. The van der Waals surface area contributed by atoms with Gasteiger partial charge in [-0.25, -0.2) is 0 Å². The third kappa shape index (κ3) is 3.24. The number of esters is 1. The van der Waals surface area contributed by atoms with Gasteiger partial charge in [0, 0.05) is 19.1 Å². The largest absolute Gasteiger partial charge is 0.508 e. The first-order valence-electron chi connectivity index (χ1n) is 6.37. The van der Waals surface area contributed by atoms with Gasteiger partial charge >= 0.3 is 5.97 Å². The summed E-state index contributed by atoms with van der Waals surface area (Å²) >= 11 is 0. The van der Waals surface area contributed by atoms with Crippen molar-refractivity contribution in [1.29, 1.82) is 0 Å². The van der Waals surface area contributed by atoms with E-state index in [1.54, 1.807) is 12.1 Å². The van der Waals surface area contributed by atoms with Gasteiger partial charge in [0.05, 0.1) is 13.2 Å². The fourth-order valence-corrected chi connectivity index (χ4v) is 2.37. The molecule has 1 aliphatic carbocycles. The predicted octanol–water partition coefficient (Wildman–Crippen LogP) is 1.29. The monoisotopic (exact) mass is 265 g/mol. The van der Waals surface area contributed by atoms with Gasteiger partial charge in [-0.15, -0.1) is 0 Å². The number of phenolic OH excluding ortho intramolecular Hbond substituents is 1. The lowest BCUT2D eigenvalue weighted by Crippen LogP contribution is -2.27. The highest BCUT2D eigenvalue weighted by Crippen LogP contribution is 2.35. The van der Waals surface area contributed by atoms with Crippen molar-refractivity contribution < 1.29 is 19.4 Å². The number of rotatable bonds is 5. The minimum absolute atomic E-state index is 0.102. The average molecular weight is 265 g/mol. The number of fused-ring (bicyclic) bond motifs is 1. The van der Waals surface area contributed by atoms with Crippen molar-refractivity contribution in [2.75, 3.05) is 13.7 Å². The first-order chi connectivity index (χ1) is 9.11. The summed E-state index contributed by atoms with van der Waals surface area (Å²) in [6, 6.07) is 5.13. The second kappa shape index (κ2) is 6.04. The molecule has 0 spiro atoms. The van der Waals surface area contributed by atoms with Crippen LogP contribution < -0.4 is 5.73 Å². The van der Waals surface area contributed by atoms with Crippen LogP contribution in [0.25, 0.3) is 0 Å². The molecule has 1 aromatic carbocycles. The first kappa shape index (κ1) is 13.8. The Balaban J connectivity index is 1.91. The Kier molecular flexibility index (Phi) is 4.39. The van der Waals surface area contributed by atoms with Crippen LogP contribution in [-0.4, -0.2) is 30.8 Å². The quantitative estimate of drug-likeness (QED) is 0.619. The molecule has 0 aromatic heterocycles. The molecule has 1 aromatic rings. The molecule has 2 unspecified atom stereocenters. The zero-order chi connectivity index (χ0) is 13.8. The van der Waals surface area contributed by atoms with Crippen LogP contribution in [0.15, 0.2) is 18.2 Å². The zero-order valence-electron chi connectivity index (χ0n) is 11.0. The Morgan fingerprint density at radius 1 is 1.53 bits per heavy atom. The Hall–Kier alpha value is -1.59. The second-order valence-electron chi connectivity index (χ2n) is 4.72. The van der Waals surface area contributed by atoms with Gasteiger partial charge in [0.1, 0.15) is 5.75 Å². The first-order valence-corrected chi connectivity index (χ1v) is 6.37. The fourth-order valence-electron chi connectivity index (χ4n) is 2.37. The number of aromatic hydroxyl groups is 1. The lowest BCUT2D eigenvalue weighted by Gasteiger charge is -2.17. The van der Waals surface area contributed by atoms with Crippen LogP contribution in [0, 0.1) is 0 Å². The summed E-state index contributed by atoms with van der Waals surface area (Å²) in [5.41, 5.74) is 8.11. The molecular weight excluding hydrogens is 246 g/mol. The van der Waals surface area contributed by atoms with Gasteiger partial charge in [0.25, 0.3) is 0 Å². The molecule has 1 aliphatic rings. The van der Waals surface area contributed by atoms with Crippen LogP contribution in [-0.2, 0) is 20.7 Å². The van der Waals surface area contributed by atoms with Crippen LogP contribution >= 0.6 is 0 Å². The SMILES string of the molecule is COC(=O)CCCOC1c2cc(O)ccc2CC1N. The predicted molar refractivity (Wildman–Crippen MR) is 69.7 cm³/mol. The number of carbonyl (C=O) groups excluding carboxylic acids is 1. The van der Waals surface area contributed by atoms with E-state index in [1.807, 2.05) is 6.07 Å². The van der Waals surface area contributed by atoms with E-state index in [2.05, 4.69) is 4.74 Å². The van der Waals surface area contributed by atoms with Crippen LogP contribution in [0.1, 0.15) is 30.1 Å². The summed E-state index contributed by atoms with van der Waals surface area (Å²) in [5.74, 6) is -0.0200. The molecule has 0 aliphatic heterocycles. The second-order valence-corrected chi connectivity index (χ2v) is 4.72. The van der Waals surface area contributed by atoms with Crippen LogP contribution in [0.2, 0.25) is 0 Å². The maximum Gasteiger partial charge on any atom is 0.305 e. The molecule has 0 bridgehead atoms. The summed E-state index contributed by atoms with van der Waals surface area (Å²) in [4.78, 5) is 11.0. The highest BCUT2D eigenvalue weighted by molar-refractivity contribution is 5.68. The molecule has 2 rings (SSSR count). The lowest BCUT2D eigenvalue weighted by molar-refractivity contribution is -0.141. The van der Waals surface area contributed by atoms with Gasteiger partial charge in [-0.1, -0.05) is 6.07 Å². The smallest absolute Gasteiger partial charge is 0.305 e. The van der Waals surface area contributed by atoms with Crippen molar-refractivity contribution in [3.8, 4) is 5.75 Å². The van der Waals surface area contributed by atoms with Crippen molar-refractivity contribution in [1.82, 2.24) is 0 Å². The molecule has 5 nitrogen and oxygen atoms in total. The Morgan fingerprint density at radius 2 is 2.32 bits per heavy atom. The van der Waals surface area contributed by atoms with Gasteiger partial charge in [0.2, 0.25) is 0 Å². The molecule has 0 amide bonds. The standard InChI is InChI=1S/C14H19NO4/c1-18-13(17)3-2-6-19-14-11-8-10(16)5-4-9(11)7-12(14)15/h4-5,8,12,14,16H,2-3,6-7,15H2,1H3. The number of nitrogens with two attached hydrogens (primary N) is 1. The number of hydrogen-bond acceptors (Lipinski definition) is 5. The van der Waals surface area contributed by atoms with Gasteiger partial charge in [-0.3, -0.25) is 4.79 Å². The number of hydrogen-bond donors (Lipinski definition) is 2. The molecule has 2 atom stereocenters. The topological polar surface area (TPSA) is 81.8 Å². The van der Waals surface area contributed by atoms with Gasteiger partial charge in [0.15, 0.2) is 0 Å². The third-order valence-corrected chi connectivity index (χ3v) is 3.33. The van der Waals surface area contributed by atoms with Crippen LogP contribution in [0.5, 0.6) is 5.75 Å². The fraction of sp³-hybridized carbons (Fsp3) is 0.500. The summed E-state index contributed by atoms with van der Waals surface area (Å²) in [5, 5.41) is 9.52. The number of benzene rings is 1. The average Bonchev–Trinajstić information content (AvgIpc) is 2.70. The molecule has 104 valence electrons. The molecule has 3 N–H and O–H groups in total. The minimum atomic E-state index is -0.239. The minimum Gasteiger partial charge on any atom is -0.508 e. The van der Waals surface area contributed by atoms with Gasteiger partial charge in [-0.2, -0.15) is 0 Å². The number of phenols is 1. The van der Waals surface area contributed by atoms with E-state index in [-0.39, 0.29) is 23.9 Å². The summed E-state index contributed by atoms with van der Waals surface area (Å²) in [7, 11) is 1.37. The Bertz CT molecular complexity index is 461. The molecule has 0 radical (unpaired) electrons. The molecule has 0 saturated heterocycles. The van der Waals surface area contributed by atoms with E-state index in [0.29, 0.717) is 19.4 Å². The Morgan fingerprint density at radius 3 is 3.05 bits per heavy atom. The van der Waals surface area contributed by atoms with E-state index in [4.69, 9.17) is 10.5 Å². The van der Waals surface area contributed by atoms with Crippen molar-refractivity contribution >= 4 is 5.97 Å².